The predicted octanol–water partition coefficient (Wildman–Crippen LogP) is 3.69. The number of oxazole rings is 1. The molecule has 4 rings (SSSR count). The monoisotopic (exact) mass is 540 g/mol. The number of aromatic nitrogens is 1. The van der Waals surface area contributed by atoms with E-state index in [9.17, 15) is 13.2 Å². The molecule has 0 bridgehead atoms. The van der Waals surface area contributed by atoms with Crippen molar-refractivity contribution in [2.24, 2.45) is 0 Å². The average Bonchev–Trinajstić information content (AvgIpc) is 3.58. The zero-order valence-corrected chi connectivity index (χ0v) is 23.3. The number of likely N-dealkylation sites (N-methyl/N-ethyl adjacent to an activating group) is 1. The Morgan fingerprint density at radius 2 is 1.74 bits per heavy atom. The van der Waals surface area contributed by atoms with E-state index in [-0.39, 0.29) is 29.5 Å². The molecule has 1 aliphatic heterocycles. The number of methoxy groups -OCH3 is 1. The van der Waals surface area contributed by atoms with Crippen molar-refractivity contribution in [3.05, 3.63) is 76.5 Å². The largest absolute Gasteiger partial charge is 0.497 e. The van der Waals surface area contributed by atoms with Gasteiger partial charge in [0.2, 0.25) is 10.0 Å². The number of likely N-dealkylation sites (tertiary alicyclic amines) is 1. The number of nitrogens with one attached hydrogen (secondary N) is 1. The van der Waals surface area contributed by atoms with E-state index < -0.39 is 10.0 Å². The Morgan fingerprint density at radius 3 is 2.37 bits per heavy atom. The van der Waals surface area contributed by atoms with Gasteiger partial charge in [0, 0.05) is 33.1 Å². The summed E-state index contributed by atoms with van der Waals surface area (Å²) in [6, 6.07) is 11.7. The zero-order chi connectivity index (χ0) is 27.3. The number of ether oxygens (including phenoxy) is 1. The van der Waals surface area contributed by atoms with E-state index in [1.165, 1.54) is 36.0 Å². The fraction of sp³-hybridized carbons (Fsp3) is 0.429. The summed E-state index contributed by atoms with van der Waals surface area (Å²) >= 11 is 0. The van der Waals surface area contributed by atoms with Crippen LogP contribution in [0, 0.1) is 13.8 Å². The molecule has 10 heteroatoms. The summed E-state index contributed by atoms with van der Waals surface area (Å²) in [6.07, 6.45) is 4.07. The molecule has 204 valence electrons. The number of amides is 1. The van der Waals surface area contributed by atoms with E-state index in [1.807, 2.05) is 12.1 Å². The van der Waals surface area contributed by atoms with E-state index in [0.29, 0.717) is 29.3 Å². The van der Waals surface area contributed by atoms with Crippen LogP contribution in [0.2, 0.25) is 0 Å². The van der Waals surface area contributed by atoms with Crippen LogP contribution in [-0.2, 0) is 29.5 Å². The van der Waals surface area contributed by atoms with Crippen molar-refractivity contribution in [1.29, 1.82) is 0 Å². The van der Waals surface area contributed by atoms with Gasteiger partial charge in [0.15, 0.2) is 11.6 Å². The van der Waals surface area contributed by atoms with Crippen molar-refractivity contribution in [3.63, 3.8) is 0 Å². The van der Waals surface area contributed by atoms with Gasteiger partial charge in [0.05, 0.1) is 12.0 Å². The number of rotatable bonds is 11. The Morgan fingerprint density at radius 1 is 1.11 bits per heavy atom. The van der Waals surface area contributed by atoms with Crippen molar-refractivity contribution in [2.45, 2.75) is 51.1 Å². The van der Waals surface area contributed by atoms with Gasteiger partial charge >= 0.3 is 0 Å². The number of nitrogens with zero attached hydrogens (tertiary/aromatic N) is 3. The molecule has 0 saturated carbocycles. The molecule has 0 radical (unpaired) electrons. The van der Waals surface area contributed by atoms with E-state index in [2.05, 4.69) is 27.3 Å². The first-order chi connectivity index (χ1) is 18.2. The van der Waals surface area contributed by atoms with Crippen molar-refractivity contribution in [2.75, 3.05) is 33.8 Å². The first kappa shape index (κ1) is 27.8. The molecular formula is C28H36N4O5S. The number of carbonyl (C=O) groups excluding carboxylic acids is 1. The summed E-state index contributed by atoms with van der Waals surface area (Å²) in [4.78, 5) is 19.6. The van der Waals surface area contributed by atoms with Crippen molar-refractivity contribution >= 4 is 15.9 Å². The molecule has 38 heavy (non-hydrogen) atoms. The fourth-order valence-corrected chi connectivity index (χ4v) is 6.30. The van der Waals surface area contributed by atoms with Crippen molar-refractivity contribution < 1.29 is 22.4 Å². The minimum atomic E-state index is -3.73. The molecule has 3 aromatic rings. The molecule has 2 aromatic carbocycles. The molecule has 1 amide bonds. The molecule has 1 N–H and O–H groups in total. The normalized spacial score (nSPS) is 14.2. The molecule has 0 atom stereocenters. The second-order valence-corrected chi connectivity index (χ2v) is 11.8. The minimum Gasteiger partial charge on any atom is -0.497 e. The summed E-state index contributed by atoms with van der Waals surface area (Å²) in [7, 11) is -0.660. The maximum Gasteiger partial charge on any atom is 0.273 e. The van der Waals surface area contributed by atoms with E-state index in [1.54, 1.807) is 33.1 Å². The molecule has 0 unspecified atom stereocenters. The maximum atomic E-state index is 13.2. The molecule has 0 spiro atoms. The number of hydrogen-bond acceptors (Lipinski definition) is 7. The quantitative estimate of drug-likeness (QED) is 0.396. The van der Waals surface area contributed by atoms with Gasteiger partial charge < -0.3 is 14.5 Å². The molecule has 2 heterocycles. The van der Waals surface area contributed by atoms with E-state index in [0.717, 1.165) is 25.2 Å². The van der Waals surface area contributed by atoms with Gasteiger partial charge in [0.1, 0.15) is 12.0 Å². The van der Waals surface area contributed by atoms with Gasteiger partial charge in [-0.05, 0) is 74.2 Å². The average molecular weight is 541 g/mol. The molecule has 1 aromatic heterocycles. The maximum absolute atomic E-state index is 13.2. The Bertz CT molecular complexity index is 1340. The van der Waals surface area contributed by atoms with Crippen LogP contribution in [-0.4, -0.2) is 62.3 Å². The lowest BCUT2D eigenvalue weighted by molar-refractivity contribution is 0.0946. The van der Waals surface area contributed by atoms with Gasteiger partial charge in [-0.3, -0.25) is 9.69 Å². The van der Waals surface area contributed by atoms with Crippen LogP contribution in [0.1, 0.15) is 51.5 Å². The molecule has 1 saturated heterocycles. The summed E-state index contributed by atoms with van der Waals surface area (Å²) < 4.78 is 38.4. The topological polar surface area (TPSA) is 105 Å². The Labute approximate surface area is 224 Å². The summed E-state index contributed by atoms with van der Waals surface area (Å²) in [6.45, 7) is 7.31. The molecule has 9 nitrogen and oxygen atoms in total. The standard InChI is InChI=1S/C28H36N4O5S/c1-20-15-24(36-4)16-21(2)27(20)38(34,35)31(3)14-11-26-30-25(19-37-26)28(33)29-17-22-7-9-23(10-8-22)18-32-12-5-6-13-32/h7-10,15-16,19H,5-6,11-14,17-18H2,1-4H3,(H,29,33). The van der Waals surface area contributed by atoms with Crippen molar-refractivity contribution in [3.8, 4) is 5.75 Å². The zero-order valence-electron chi connectivity index (χ0n) is 22.5. The first-order valence-corrected chi connectivity index (χ1v) is 14.3. The first-order valence-electron chi connectivity index (χ1n) is 12.8. The number of carbonyl (C=O) groups is 1. The third-order valence-corrected chi connectivity index (χ3v) is 9.01. The molecule has 1 fully saturated rings. The van der Waals surface area contributed by atoms with Crippen LogP contribution in [0.25, 0.3) is 0 Å². The lowest BCUT2D eigenvalue weighted by atomic mass is 10.1. The SMILES string of the molecule is COc1cc(C)c(S(=O)(=O)N(C)CCc2nc(C(=O)NCc3ccc(CN4CCCC4)cc3)co2)c(C)c1. The third kappa shape index (κ3) is 6.61. The molecule has 1 aliphatic rings. The minimum absolute atomic E-state index is 0.151. The van der Waals surface area contributed by atoms with E-state index >= 15 is 0 Å². The summed E-state index contributed by atoms with van der Waals surface area (Å²) in [5, 5.41) is 2.87. The lowest BCUT2D eigenvalue weighted by Crippen LogP contribution is -2.30. The van der Waals surface area contributed by atoms with Gasteiger partial charge in [0.25, 0.3) is 5.91 Å². The molecule has 0 aliphatic carbocycles. The van der Waals surface area contributed by atoms with Gasteiger partial charge in [-0.2, -0.15) is 0 Å². The van der Waals surface area contributed by atoms with Crippen LogP contribution in [0.15, 0.2) is 52.0 Å². The van der Waals surface area contributed by atoms with Crippen LogP contribution in [0.4, 0.5) is 0 Å². The Balaban J connectivity index is 1.29. The number of aryl methyl sites for hydroxylation is 2. The fourth-order valence-electron chi connectivity index (χ4n) is 4.73. The Kier molecular flexibility index (Phi) is 8.86. The van der Waals surface area contributed by atoms with Crippen LogP contribution < -0.4 is 10.1 Å². The number of sulfonamides is 1. The summed E-state index contributed by atoms with van der Waals surface area (Å²) in [5.41, 5.74) is 3.67. The third-order valence-electron chi connectivity index (χ3n) is 6.84. The van der Waals surface area contributed by atoms with Crippen LogP contribution >= 0.6 is 0 Å². The highest BCUT2D eigenvalue weighted by atomic mass is 32.2. The van der Waals surface area contributed by atoms with E-state index in [4.69, 9.17) is 9.15 Å². The Hall–Kier alpha value is -3.21. The second kappa shape index (κ2) is 12.1. The highest BCUT2D eigenvalue weighted by Crippen LogP contribution is 2.28. The van der Waals surface area contributed by atoms with Crippen LogP contribution in [0.5, 0.6) is 5.75 Å². The number of benzene rings is 2. The highest BCUT2D eigenvalue weighted by molar-refractivity contribution is 7.89. The highest BCUT2D eigenvalue weighted by Gasteiger charge is 2.26. The van der Waals surface area contributed by atoms with Gasteiger partial charge in [-0.15, -0.1) is 0 Å². The number of hydrogen-bond donors (Lipinski definition) is 1. The van der Waals surface area contributed by atoms with Gasteiger partial charge in [-0.25, -0.2) is 17.7 Å². The smallest absolute Gasteiger partial charge is 0.273 e. The molecular weight excluding hydrogens is 504 g/mol. The van der Waals surface area contributed by atoms with Crippen LogP contribution in [0.3, 0.4) is 0 Å². The van der Waals surface area contributed by atoms with Gasteiger partial charge in [-0.1, -0.05) is 24.3 Å². The predicted molar refractivity (Wildman–Crippen MR) is 145 cm³/mol. The summed E-state index contributed by atoms with van der Waals surface area (Å²) in [5.74, 6) is 0.569. The van der Waals surface area contributed by atoms with Crippen molar-refractivity contribution in [1.82, 2.24) is 19.5 Å². The second-order valence-electron chi connectivity index (χ2n) is 9.78. The lowest BCUT2D eigenvalue weighted by Gasteiger charge is -2.20.